The van der Waals surface area contributed by atoms with Gasteiger partial charge in [-0.3, -0.25) is 14.3 Å². The highest BCUT2D eigenvalue weighted by Crippen LogP contribution is 2.31. The minimum Gasteiger partial charge on any atom is -0.359 e. The Morgan fingerprint density at radius 3 is 2.54 bits per heavy atom. The summed E-state index contributed by atoms with van der Waals surface area (Å²) in [5.74, 6) is 0.548. The molecule has 1 saturated carbocycles. The molecule has 10 heteroatoms. The van der Waals surface area contributed by atoms with Gasteiger partial charge in [0.15, 0.2) is 0 Å². The largest absolute Gasteiger partial charge is 0.426 e. The van der Waals surface area contributed by atoms with Crippen LogP contribution in [0.2, 0.25) is 0 Å². The Hall–Kier alpha value is -3.79. The highest BCUT2D eigenvalue weighted by atomic mass is 16.7. The summed E-state index contributed by atoms with van der Waals surface area (Å²) in [5.41, 5.74) is 1.86. The van der Waals surface area contributed by atoms with Crippen molar-refractivity contribution in [2.45, 2.75) is 50.6 Å². The Kier molecular flexibility index (Phi) is 9.20. The normalized spacial score (nSPS) is 18.2. The number of benzene rings is 1. The molecule has 2 N–H and O–H groups in total. The molecule has 1 aliphatic rings. The van der Waals surface area contributed by atoms with Gasteiger partial charge in [-0.25, -0.2) is 4.79 Å². The van der Waals surface area contributed by atoms with E-state index in [1.807, 2.05) is 6.07 Å². The second kappa shape index (κ2) is 13.0. The van der Waals surface area contributed by atoms with Crippen LogP contribution in [0.5, 0.6) is 6.08 Å². The first-order valence-electron chi connectivity index (χ1n) is 12.7. The molecule has 1 aliphatic carbocycles. The summed E-state index contributed by atoms with van der Waals surface area (Å²) in [5, 5.41) is 9.18. The third-order valence-corrected chi connectivity index (χ3v) is 6.79. The molecule has 0 bridgehead atoms. The van der Waals surface area contributed by atoms with Crippen LogP contribution in [0.3, 0.4) is 0 Å². The van der Waals surface area contributed by atoms with Gasteiger partial charge in [0.1, 0.15) is 12.2 Å². The van der Waals surface area contributed by atoms with Gasteiger partial charge in [-0.1, -0.05) is 41.6 Å². The van der Waals surface area contributed by atoms with Gasteiger partial charge >= 0.3 is 12.2 Å². The Morgan fingerprint density at radius 2 is 1.84 bits per heavy atom. The van der Waals surface area contributed by atoms with Gasteiger partial charge in [-0.2, -0.15) is 4.98 Å². The first-order valence-corrected chi connectivity index (χ1v) is 12.7. The molecule has 4 rings (SSSR count). The third-order valence-electron chi connectivity index (χ3n) is 6.79. The van der Waals surface area contributed by atoms with E-state index in [-0.39, 0.29) is 30.4 Å². The summed E-state index contributed by atoms with van der Waals surface area (Å²) in [6, 6.07) is 16.5. The lowest BCUT2D eigenvalue weighted by molar-refractivity contribution is -0.121. The Morgan fingerprint density at radius 1 is 1.08 bits per heavy atom. The molecule has 0 spiro atoms. The van der Waals surface area contributed by atoms with Crippen LogP contribution in [0.25, 0.3) is 11.5 Å². The molecule has 0 radical (unpaired) electrons. The van der Waals surface area contributed by atoms with Crippen LogP contribution in [0.1, 0.15) is 37.7 Å². The van der Waals surface area contributed by atoms with Gasteiger partial charge in [-0.05, 0) is 76.2 Å². The first-order chi connectivity index (χ1) is 18.0. The van der Waals surface area contributed by atoms with E-state index in [4.69, 9.17) is 9.26 Å². The highest BCUT2D eigenvalue weighted by Gasteiger charge is 2.29. The molecule has 1 fully saturated rings. The van der Waals surface area contributed by atoms with E-state index in [0.29, 0.717) is 17.7 Å². The standard InChI is InChI=1S/C27H34N6O4/c1-33(2)23(16-11-19-8-4-3-5-9-19)20-12-14-21(15-13-20)30-24(34)18-29-26(35)36-27-31-25(32-37-27)22-10-6-7-17-28-22/h3-10,17,20-21,23H,11-16,18H2,1-2H3,(H,29,35)(H,30,34). The van der Waals surface area contributed by atoms with Crippen LogP contribution in [-0.4, -0.2) is 64.7 Å². The fraction of sp³-hybridized carbons (Fsp3) is 0.444. The van der Waals surface area contributed by atoms with Crippen molar-refractivity contribution in [2.75, 3.05) is 20.6 Å². The molecular formula is C27H34N6O4. The van der Waals surface area contributed by atoms with E-state index >= 15 is 0 Å². The van der Waals surface area contributed by atoms with Crippen LogP contribution in [0.15, 0.2) is 59.3 Å². The van der Waals surface area contributed by atoms with E-state index in [1.54, 1.807) is 24.4 Å². The monoisotopic (exact) mass is 506 g/mol. The summed E-state index contributed by atoms with van der Waals surface area (Å²) >= 11 is 0. The summed E-state index contributed by atoms with van der Waals surface area (Å²) in [6.07, 6.45) is 6.59. The van der Waals surface area contributed by atoms with Gasteiger partial charge in [0.05, 0.1) is 0 Å². The number of amides is 2. The predicted octanol–water partition coefficient (Wildman–Crippen LogP) is 3.46. The third kappa shape index (κ3) is 7.85. The summed E-state index contributed by atoms with van der Waals surface area (Å²) < 4.78 is 9.89. The molecule has 37 heavy (non-hydrogen) atoms. The number of hydrogen-bond donors (Lipinski definition) is 2. The number of aryl methyl sites for hydroxylation is 1. The summed E-state index contributed by atoms with van der Waals surface area (Å²) in [7, 11) is 4.31. The molecule has 10 nitrogen and oxygen atoms in total. The van der Waals surface area contributed by atoms with Crippen molar-refractivity contribution in [3.05, 3.63) is 60.3 Å². The molecule has 0 saturated heterocycles. The Bertz CT molecular complexity index is 1130. The molecule has 1 atom stereocenters. The van der Waals surface area contributed by atoms with Gasteiger partial charge in [0.25, 0.3) is 0 Å². The van der Waals surface area contributed by atoms with Crippen LogP contribution in [0, 0.1) is 5.92 Å². The highest BCUT2D eigenvalue weighted by molar-refractivity contribution is 5.82. The van der Waals surface area contributed by atoms with Gasteiger partial charge in [0, 0.05) is 18.3 Å². The van der Waals surface area contributed by atoms with Crippen molar-refractivity contribution in [3.8, 4) is 17.6 Å². The summed E-state index contributed by atoms with van der Waals surface area (Å²) in [4.78, 5) is 34.9. The maximum absolute atomic E-state index is 12.4. The molecule has 0 aliphatic heterocycles. The number of pyridine rings is 1. The van der Waals surface area contributed by atoms with Gasteiger partial charge in [0.2, 0.25) is 11.7 Å². The van der Waals surface area contributed by atoms with E-state index in [9.17, 15) is 9.59 Å². The predicted molar refractivity (Wildman–Crippen MR) is 138 cm³/mol. The van der Waals surface area contributed by atoms with Crippen LogP contribution >= 0.6 is 0 Å². The lowest BCUT2D eigenvalue weighted by atomic mass is 9.79. The zero-order chi connectivity index (χ0) is 26.0. The van der Waals surface area contributed by atoms with Crippen molar-refractivity contribution in [1.82, 2.24) is 30.7 Å². The van der Waals surface area contributed by atoms with Crippen LogP contribution in [-0.2, 0) is 11.2 Å². The smallest absolute Gasteiger partial charge is 0.359 e. The SMILES string of the molecule is CN(C)C(CCc1ccccc1)C1CCC(NC(=O)CNC(=O)Oc2nc(-c3ccccn3)no2)CC1. The van der Waals surface area contributed by atoms with Crippen molar-refractivity contribution in [3.63, 3.8) is 0 Å². The van der Waals surface area contributed by atoms with E-state index in [0.717, 1.165) is 38.5 Å². The average Bonchev–Trinajstić information content (AvgIpc) is 3.38. The zero-order valence-corrected chi connectivity index (χ0v) is 21.3. The van der Waals surface area contributed by atoms with Crippen molar-refractivity contribution >= 4 is 12.0 Å². The quantitative estimate of drug-likeness (QED) is 0.429. The molecule has 1 aromatic carbocycles. The van der Waals surface area contributed by atoms with E-state index in [2.05, 4.69) is 69.0 Å². The molecule has 2 aromatic heterocycles. The van der Waals surface area contributed by atoms with Gasteiger partial charge in [-0.15, -0.1) is 0 Å². The van der Waals surface area contributed by atoms with Crippen molar-refractivity contribution < 1.29 is 18.8 Å². The minimum absolute atomic E-state index is 0.107. The maximum atomic E-state index is 12.4. The topological polar surface area (TPSA) is 122 Å². The zero-order valence-electron chi connectivity index (χ0n) is 21.3. The Labute approximate surface area is 216 Å². The number of nitrogens with one attached hydrogen (secondary N) is 2. The van der Waals surface area contributed by atoms with Crippen LogP contribution < -0.4 is 15.4 Å². The molecule has 3 aromatic rings. The van der Waals surface area contributed by atoms with E-state index in [1.165, 1.54) is 5.56 Å². The van der Waals surface area contributed by atoms with Crippen molar-refractivity contribution in [1.29, 1.82) is 0 Å². The molecule has 1 unspecified atom stereocenters. The van der Waals surface area contributed by atoms with Crippen LogP contribution in [0.4, 0.5) is 4.79 Å². The molecular weight excluding hydrogens is 472 g/mol. The summed E-state index contributed by atoms with van der Waals surface area (Å²) in [6.45, 7) is -0.197. The maximum Gasteiger partial charge on any atom is 0.426 e. The van der Waals surface area contributed by atoms with E-state index < -0.39 is 6.09 Å². The number of nitrogens with zero attached hydrogens (tertiary/aromatic N) is 4. The number of rotatable bonds is 10. The molecule has 2 heterocycles. The Balaban J connectivity index is 1.16. The second-order valence-electron chi connectivity index (χ2n) is 9.58. The lowest BCUT2D eigenvalue weighted by Gasteiger charge is -2.37. The van der Waals surface area contributed by atoms with Crippen molar-refractivity contribution in [2.24, 2.45) is 5.92 Å². The number of aromatic nitrogens is 3. The minimum atomic E-state index is -0.845. The number of carbonyl (C=O) groups excluding carboxylic acids is 2. The molecule has 2 amide bonds. The fourth-order valence-corrected chi connectivity index (χ4v) is 4.92. The lowest BCUT2D eigenvalue weighted by Crippen LogP contribution is -2.45. The number of carbonyl (C=O) groups is 2. The second-order valence-corrected chi connectivity index (χ2v) is 9.58. The average molecular weight is 507 g/mol. The van der Waals surface area contributed by atoms with Gasteiger partial charge < -0.3 is 20.3 Å². The first kappa shape index (κ1) is 26.3. The fourth-order valence-electron chi connectivity index (χ4n) is 4.92. The molecule has 196 valence electrons. The number of hydrogen-bond acceptors (Lipinski definition) is 8. The number of ether oxygens (including phenoxy) is 1.